The third-order valence-electron chi connectivity index (χ3n) is 6.28. The van der Waals surface area contributed by atoms with E-state index in [1.807, 2.05) is 24.3 Å². The van der Waals surface area contributed by atoms with Gasteiger partial charge in [-0.1, -0.05) is 18.2 Å². The zero-order valence-corrected chi connectivity index (χ0v) is 17.9. The van der Waals surface area contributed by atoms with Gasteiger partial charge in [-0.15, -0.1) is 0 Å². The maximum absolute atomic E-state index is 13.0. The minimum absolute atomic E-state index is 0.0820. The molecule has 32 heavy (non-hydrogen) atoms. The van der Waals surface area contributed by atoms with Gasteiger partial charge in [0.25, 0.3) is 5.91 Å². The zero-order valence-electron chi connectivity index (χ0n) is 17.9. The molecule has 2 aliphatic heterocycles. The molecule has 2 saturated heterocycles. The van der Waals surface area contributed by atoms with Gasteiger partial charge in [-0.05, 0) is 61.2 Å². The van der Waals surface area contributed by atoms with E-state index in [-0.39, 0.29) is 23.4 Å². The number of piperidine rings is 1. The summed E-state index contributed by atoms with van der Waals surface area (Å²) >= 11 is 0. The van der Waals surface area contributed by atoms with E-state index in [1.165, 1.54) is 19.1 Å². The van der Waals surface area contributed by atoms with E-state index in [4.69, 9.17) is 0 Å². The predicted octanol–water partition coefficient (Wildman–Crippen LogP) is 4.40. The highest BCUT2D eigenvalue weighted by molar-refractivity contribution is 5.94. The lowest BCUT2D eigenvalue weighted by Gasteiger charge is -2.36. The molecule has 0 radical (unpaired) electrons. The molecule has 1 N–H and O–H groups in total. The van der Waals surface area contributed by atoms with Crippen LogP contribution in [0.25, 0.3) is 0 Å². The predicted molar refractivity (Wildman–Crippen MR) is 115 cm³/mol. The number of hydrogen-bond donors (Lipinski definition) is 1. The van der Waals surface area contributed by atoms with Gasteiger partial charge in [0.2, 0.25) is 5.91 Å². The van der Waals surface area contributed by atoms with Gasteiger partial charge >= 0.3 is 6.18 Å². The first-order valence-corrected chi connectivity index (χ1v) is 10.8. The van der Waals surface area contributed by atoms with Crippen molar-refractivity contribution in [1.29, 1.82) is 0 Å². The van der Waals surface area contributed by atoms with Crippen molar-refractivity contribution in [2.75, 3.05) is 25.0 Å². The van der Waals surface area contributed by atoms with Crippen molar-refractivity contribution in [3.05, 3.63) is 65.2 Å². The Labute approximate surface area is 185 Å². The molecule has 2 atom stereocenters. The van der Waals surface area contributed by atoms with Gasteiger partial charge in [-0.3, -0.25) is 14.5 Å². The van der Waals surface area contributed by atoms with Gasteiger partial charge in [0.15, 0.2) is 0 Å². The number of hydrogen-bond acceptors (Lipinski definition) is 3. The molecule has 170 valence electrons. The van der Waals surface area contributed by atoms with Crippen LogP contribution in [0.1, 0.15) is 41.3 Å². The van der Waals surface area contributed by atoms with E-state index >= 15 is 0 Å². The summed E-state index contributed by atoms with van der Waals surface area (Å²) in [5.41, 5.74) is 1.14. The largest absolute Gasteiger partial charge is 0.416 e. The number of carbonyl (C=O) groups excluding carboxylic acids is 2. The molecule has 0 bridgehead atoms. The number of amides is 2. The molecule has 8 heteroatoms. The number of fused-ring (bicyclic) bond motifs is 1. The summed E-state index contributed by atoms with van der Waals surface area (Å²) in [5, 5.41) is 2.75. The van der Waals surface area contributed by atoms with Gasteiger partial charge in [0, 0.05) is 43.9 Å². The molecule has 2 aliphatic rings. The Morgan fingerprint density at radius 2 is 1.84 bits per heavy atom. The SMILES string of the molecule is CC(=O)Nc1ccc(CN2CCC[C@@H]3CN(C(=O)c4cccc(C(F)(F)F)c4)C[C@@H]32)cc1. The highest BCUT2D eigenvalue weighted by Crippen LogP contribution is 2.34. The first-order chi connectivity index (χ1) is 15.2. The Bertz CT molecular complexity index is 991. The number of nitrogens with one attached hydrogen (secondary N) is 1. The summed E-state index contributed by atoms with van der Waals surface area (Å²) in [7, 11) is 0. The first kappa shape index (κ1) is 22.3. The third kappa shape index (κ3) is 4.96. The summed E-state index contributed by atoms with van der Waals surface area (Å²) in [5.74, 6) is -0.143. The van der Waals surface area contributed by atoms with Gasteiger partial charge in [0.05, 0.1) is 5.56 Å². The normalized spacial score (nSPS) is 21.3. The van der Waals surface area contributed by atoms with Gasteiger partial charge in [-0.2, -0.15) is 13.2 Å². The van der Waals surface area contributed by atoms with Crippen LogP contribution in [0.15, 0.2) is 48.5 Å². The van der Waals surface area contributed by atoms with Crippen molar-refractivity contribution in [2.24, 2.45) is 5.92 Å². The fraction of sp³-hybridized carbons (Fsp3) is 0.417. The van der Waals surface area contributed by atoms with E-state index in [9.17, 15) is 22.8 Å². The van der Waals surface area contributed by atoms with Crippen molar-refractivity contribution < 1.29 is 22.8 Å². The maximum Gasteiger partial charge on any atom is 0.416 e. The Kier molecular flexibility index (Phi) is 6.24. The van der Waals surface area contributed by atoms with Crippen LogP contribution in [0.2, 0.25) is 0 Å². The molecule has 2 heterocycles. The van der Waals surface area contributed by atoms with Crippen molar-refractivity contribution in [2.45, 2.75) is 38.5 Å². The average Bonchev–Trinajstić information content (AvgIpc) is 3.19. The summed E-state index contributed by atoms with van der Waals surface area (Å²) in [4.78, 5) is 28.2. The van der Waals surface area contributed by atoms with Crippen LogP contribution in [0.5, 0.6) is 0 Å². The second-order valence-corrected chi connectivity index (χ2v) is 8.61. The standard InChI is InChI=1S/C24H26F3N3O2/c1-16(31)28-21-9-7-17(8-10-21)13-29-11-3-5-19-14-30(15-22(19)29)23(32)18-4-2-6-20(12-18)24(25,26)27/h2,4,6-10,12,19,22H,3,5,11,13-15H2,1H3,(H,28,31)/t19-,22+/m1/s1. The molecule has 5 nitrogen and oxygen atoms in total. The molecule has 4 rings (SSSR count). The number of rotatable bonds is 4. The molecular weight excluding hydrogens is 419 g/mol. The fourth-order valence-electron chi connectivity index (χ4n) is 4.78. The Balaban J connectivity index is 1.44. The Morgan fingerprint density at radius 1 is 1.09 bits per heavy atom. The Morgan fingerprint density at radius 3 is 2.53 bits per heavy atom. The minimum Gasteiger partial charge on any atom is -0.337 e. The molecule has 0 aromatic heterocycles. The zero-order chi connectivity index (χ0) is 22.9. The van der Waals surface area contributed by atoms with E-state index in [2.05, 4.69) is 10.2 Å². The van der Waals surface area contributed by atoms with Crippen molar-refractivity contribution >= 4 is 17.5 Å². The summed E-state index contributed by atoms with van der Waals surface area (Å²) < 4.78 is 39.1. The number of nitrogens with zero attached hydrogens (tertiary/aromatic N) is 2. The lowest BCUT2D eigenvalue weighted by atomic mass is 9.91. The highest BCUT2D eigenvalue weighted by Gasteiger charge is 2.41. The number of carbonyl (C=O) groups is 2. The third-order valence-corrected chi connectivity index (χ3v) is 6.28. The first-order valence-electron chi connectivity index (χ1n) is 10.8. The van der Waals surface area contributed by atoms with Crippen LogP contribution >= 0.6 is 0 Å². The molecule has 2 aromatic carbocycles. The van der Waals surface area contributed by atoms with Crippen LogP contribution in [-0.4, -0.2) is 47.3 Å². The molecule has 0 spiro atoms. The number of halogens is 3. The monoisotopic (exact) mass is 445 g/mol. The number of benzene rings is 2. The summed E-state index contributed by atoms with van der Waals surface area (Å²) in [6.45, 7) is 4.20. The van der Waals surface area contributed by atoms with Gasteiger partial charge in [0.1, 0.15) is 0 Å². The summed E-state index contributed by atoms with van der Waals surface area (Å²) in [6, 6.07) is 12.6. The number of anilines is 1. The van der Waals surface area contributed by atoms with Gasteiger partial charge < -0.3 is 10.2 Å². The lowest BCUT2D eigenvalue weighted by molar-refractivity contribution is -0.137. The van der Waals surface area contributed by atoms with Crippen LogP contribution in [-0.2, 0) is 17.5 Å². The molecule has 2 amide bonds. The quantitative estimate of drug-likeness (QED) is 0.759. The van der Waals surface area contributed by atoms with Crippen molar-refractivity contribution in [3.63, 3.8) is 0 Å². The topological polar surface area (TPSA) is 52.7 Å². The average molecular weight is 445 g/mol. The summed E-state index contributed by atoms with van der Waals surface area (Å²) in [6.07, 6.45) is -2.44. The lowest BCUT2D eigenvalue weighted by Crippen LogP contribution is -2.44. The fourth-order valence-corrected chi connectivity index (χ4v) is 4.78. The smallest absolute Gasteiger partial charge is 0.337 e. The molecule has 0 aliphatic carbocycles. The molecule has 2 fully saturated rings. The number of likely N-dealkylation sites (tertiary alicyclic amines) is 2. The maximum atomic E-state index is 13.0. The molecule has 2 aromatic rings. The highest BCUT2D eigenvalue weighted by atomic mass is 19.4. The van der Waals surface area contributed by atoms with E-state index in [0.717, 1.165) is 49.3 Å². The van der Waals surface area contributed by atoms with Crippen molar-refractivity contribution in [3.8, 4) is 0 Å². The van der Waals surface area contributed by atoms with Crippen LogP contribution in [0.4, 0.5) is 18.9 Å². The second-order valence-electron chi connectivity index (χ2n) is 8.61. The van der Waals surface area contributed by atoms with Crippen LogP contribution in [0, 0.1) is 5.92 Å². The van der Waals surface area contributed by atoms with Crippen LogP contribution in [0.3, 0.4) is 0 Å². The van der Waals surface area contributed by atoms with E-state index in [0.29, 0.717) is 19.0 Å². The molecular formula is C24H26F3N3O2. The molecule has 0 saturated carbocycles. The van der Waals surface area contributed by atoms with E-state index < -0.39 is 11.7 Å². The Hall–Kier alpha value is -2.87. The van der Waals surface area contributed by atoms with E-state index in [1.54, 1.807) is 4.90 Å². The van der Waals surface area contributed by atoms with Crippen LogP contribution < -0.4 is 5.32 Å². The second kappa shape index (κ2) is 8.94. The van der Waals surface area contributed by atoms with Crippen molar-refractivity contribution in [1.82, 2.24) is 9.80 Å². The minimum atomic E-state index is -4.47. The van der Waals surface area contributed by atoms with Gasteiger partial charge in [-0.25, -0.2) is 0 Å². The molecule has 0 unspecified atom stereocenters. The number of alkyl halides is 3.